The Balaban J connectivity index is 2.37. The number of sulfone groups is 1. The first-order valence-corrected chi connectivity index (χ1v) is 9.13. The summed E-state index contributed by atoms with van der Waals surface area (Å²) in [7, 11) is -3.15. The molecule has 0 radical (unpaired) electrons. The van der Waals surface area contributed by atoms with Crippen molar-refractivity contribution >= 4 is 25.8 Å². The fraction of sp³-hybridized carbons (Fsp3) is 0.571. The Kier molecular flexibility index (Phi) is 3.98. The number of aryl methyl sites for hydroxylation is 1. The number of halogens is 1. The summed E-state index contributed by atoms with van der Waals surface area (Å²) in [6.07, 6.45) is 3.28. The van der Waals surface area contributed by atoms with E-state index in [1.54, 1.807) is 13.8 Å². The Bertz CT molecular complexity index is 578. The van der Waals surface area contributed by atoms with Crippen molar-refractivity contribution in [3.63, 3.8) is 0 Å². The third-order valence-corrected chi connectivity index (χ3v) is 7.91. The highest BCUT2D eigenvalue weighted by Gasteiger charge is 2.38. The van der Waals surface area contributed by atoms with E-state index in [0.717, 1.165) is 36.3 Å². The van der Waals surface area contributed by atoms with E-state index in [-0.39, 0.29) is 4.83 Å². The van der Waals surface area contributed by atoms with Crippen molar-refractivity contribution in [3.05, 3.63) is 29.3 Å². The molecule has 5 heteroatoms. The van der Waals surface area contributed by atoms with Gasteiger partial charge in [0.15, 0.2) is 9.84 Å². The van der Waals surface area contributed by atoms with Gasteiger partial charge in [-0.15, -0.1) is 0 Å². The van der Waals surface area contributed by atoms with Gasteiger partial charge in [0.25, 0.3) is 0 Å². The molecular formula is C14H19BrO3S. The molecule has 1 unspecified atom stereocenters. The summed E-state index contributed by atoms with van der Waals surface area (Å²) in [6.45, 7) is 4.26. The molecule has 19 heavy (non-hydrogen) atoms. The summed E-state index contributed by atoms with van der Waals surface area (Å²) in [6, 6.07) is 5.94. The summed E-state index contributed by atoms with van der Waals surface area (Å²) in [5, 5.41) is 0. The predicted molar refractivity (Wildman–Crippen MR) is 80.8 cm³/mol. The maximum atomic E-state index is 11.9. The molecule has 1 aromatic carbocycles. The highest BCUT2D eigenvalue weighted by atomic mass is 79.9. The normalized spacial score (nSPS) is 17.5. The summed E-state index contributed by atoms with van der Waals surface area (Å²) >= 11 is 3.55. The largest absolute Gasteiger partial charge is 0.493 e. The molecule has 106 valence electrons. The van der Waals surface area contributed by atoms with E-state index in [0.29, 0.717) is 0 Å². The zero-order chi connectivity index (χ0) is 14.3. The lowest BCUT2D eigenvalue weighted by Crippen LogP contribution is -2.35. The summed E-state index contributed by atoms with van der Waals surface area (Å²) < 4.78 is 28.5. The van der Waals surface area contributed by atoms with E-state index in [1.165, 1.54) is 6.26 Å². The Hall–Kier alpha value is -0.550. The number of hydrogen-bond donors (Lipinski definition) is 0. The average Bonchev–Trinajstić information content (AvgIpc) is 2.36. The third kappa shape index (κ3) is 2.82. The zero-order valence-corrected chi connectivity index (χ0v) is 13.8. The van der Waals surface area contributed by atoms with Gasteiger partial charge in [-0.1, -0.05) is 28.1 Å². The van der Waals surface area contributed by atoms with Crippen LogP contribution in [-0.4, -0.2) is 26.0 Å². The molecule has 0 saturated heterocycles. The molecule has 0 spiro atoms. The average molecular weight is 347 g/mol. The highest BCUT2D eigenvalue weighted by molar-refractivity contribution is 9.09. The number of rotatable bonds is 3. The number of hydrogen-bond acceptors (Lipinski definition) is 3. The van der Waals surface area contributed by atoms with Gasteiger partial charge in [-0.2, -0.15) is 0 Å². The lowest BCUT2D eigenvalue weighted by atomic mass is 9.97. The first-order chi connectivity index (χ1) is 8.73. The van der Waals surface area contributed by atoms with E-state index >= 15 is 0 Å². The van der Waals surface area contributed by atoms with Crippen LogP contribution in [0.5, 0.6) is 5.75 Å². The van der Waals surface area contributed by atoms with Gasteiger partial charge in [0.1, 0.15) is 5.75 Å². The van der Waals surface area contributed by atoms with E-state index in [2.05, 4.69) is 22.0 Å². The lowest BCUT2D eigenvalue weighted by Gasteiger charge is -2.29. The summed E-state index contributed by atoms with van der Waals surface area (Å²) in [5.41, 5.74) is 2.15. The first kappa shape index (κ1) is 14.9. The smallest absolute Gasteiger partial charge is 0.154 e. The van der Waals surface area contributed by atoms with Crippen LogP contribution in [0.15, 0.2) is 18.2 Å². The number of alkyl halides is 1. The molecule has 1 aliphatic rings. The van der Waals surface area contributed by atoms with Gasteiger partial charge in [-0.25, -0.2) is 8.42 Å². The minimum Gasteiger partial charge on any atom is -0.493 e. The maximum Gasteiger partial charge on any atom is 0.154 e. The van der Waals surface area contributed by atoms with Crippen molar-refractivity contribution < 1.29 is 13.2 Å². The molecule has 1 heterocycles. The standard InChI is InChI=1S/C14H19BrO3S/c1-14(2,19(3,16)17)13(15)11-6-7-12-10(9-11)5-4-8-18-12/h6-7,9,13H,4-5,8H2,1-3H3. The third-order valence-electron chi connectivity index (χ3n) is 3.79. The topological polar surface area (TPSA) is 43.4 Å². The quantitative estimate of drug-likeness (QED) is 0.789. The van der Waals surface area contributed by atoms with Gasteiger partial charge in [0.2, 0.25) is 0 Å². The van der Waals surface area contributed by atoms with Gasteiger partial charge in [0.05, 0.1) is 16.2 Å². The van der Waals surface area contributed by atoms with Crippen LogP contribution in [0.3, 0.4) is 0 Å². The molecule has 1 aromatic rings. The summed E-state index contributed by atoms with van der Waals surface area (Å²) in [5.74, 6) is 0.923. The molecule has 1 atom stereocenters. The number of benzene rings is 1. The van der Waals surface area contributed by atoms with Gasteiger partial charge >= 0.3 is 0 Å². The monoisotopic (exact) mass is 346 g/mol. The molecular weight excluding hydrogens is 328 g/mol. The van der Waals surface area contributed by atoms with Crippen molar-refractivity contribution in [3.8, 4) is 5.75 Å². The molecule has 0 saturated carbocycles. The van der Waals surface area contributed by atoms with E-state index < -0.39 is 14.6 Å². The summed E-state index contributed by atoms with van der Waals surface area (Å²) in [4.78, 5) is -0.234. The molecule has 0 aliphatic carbocycles. The van der Waals surface area contributed by atoms with Crippen molar-refractivity contribution in [1.82, 2.24) is 0 Å². The second kappa shape index (κ2) is 5.09. The van der Waals surface area contributed by atoms with E-state index in [9.17, 15) is 8.42 Å². The van der Waals surface area contributed by atoms with Crippen LogP contribution in [0.25, 0.3) is 0 Å². The van der Waals surface area contributed by atoms with Crippen LogP contribution in [0, 0.1) is 0 Å². The number of fused-ring (bicyclic) bond motifs is 1. The maximum absolute atomic E-state index is 11.9. The molecule has 0 fully saturated rings. The zero-order valence-electron chi connectivity index (χ0n) is 11.4. The fourth-order valence-corrected chi connectivity index (χ4v) is 3.94. The van der Waals surface area contributed by atoms with Gasteiger partial charge in [0, 0.05) is 6.26 Å². The Morgan fingerprint density at radius 1 is 1.37 bits per heavy atom. The van der Waals surface area contributed by atoms with Gasteiger partial charge < -0.3 is 4.74 Å². The predicted octanol–water partition coefficient (Wildman–Crippen LogP) is 3.27. The van der Waals surface area contributed by atoms with Crippen LogP contribution >= 0.6 is 15.9 Å². The van der Waals surface area contributed by atoms with Crippen LogP contribution in [0.1, 0.15) is 36.2 Å². The Labute approximate surface area is 123 Å². The molecule has 1 aliphatic heterocycles. The molecule has 3 nitrogen and oxygen atoms in total. The van der Waals surface area contributed by atoms with E-state index in [4.69, 9.17) is 4.74 Å². The van der Waals surface area contributed by atoms with Crippen molar-refractivity contribution in [2.24, 2.45) is 0 Å². The fourth-order valence-electron chi connectivity index (χ4n) is 2.13. The van der Waals surface area contributed by atoms with Crippen molar-refractivity contribution in [2.75, 3.05) is 12.9 Å². The minimum atomic E-state index is -3.15. The van der Waals surface area contributed by atoms with Crippen molar-refractivity contribution in [2.45, 2.75) is 36.3 Å². The molecule has 0 amide bonds. The Morgan fingerprint density at radius 2 is 2.05 bits per heavy atom. The molecule has 0 N–H and O–H groups in total. The first-order valence-electron chi connectivity index (χ1n) is 6.33. The van der Waals surface area contributed by atoms with Gasteiger partial charge in [-0.3, -0.25) is 0 Å². The highest BCUT2D eigenvalue weighted by Crippen LogP contribution is 2.40. The molecule has 0 aromatic heterocycles. The lowest BCUT2D eigenvalue weighted by molar-refractivity contribution is 0.288. The SMILES string of the molecule is CC(C)(C(Br)c1ccc2c(c1)CCCO2)S(C)(=O)=O. The van der Waals surface area contributed by atoms with Crippen LogP contribution in [-0.2, 0) is 16.3 Å². The molecule has 2 rings (SSSR count). The Morgan fingerprint density at radius 3 is 2.68 bits per heavy atom. The second-order valence-corrected chi connectivity index (χ2v) is 9.07. The van der Waals surface area contributed by atoms with E-state index in [1.807, 2.05) is 12.1 Å². The van der Waals surface area contributed by atoms with Crippen LogP contribution in [0.4, 0.5) is 0 Å². The van der Waals surface area contributed by atoms with Crippen molar-refractivity contribution in [1.29, 1.82) is 0 Å². The van der Waals surface area contributed by atoms with Crippen LogP contribution < -0.4 is 4.74 Å². The van der Waals surface area contributed by atoms with Crippen LogP contribution in [0.2, 0.25) is 0 Å². The second-order valence-electron chi connectivity index (χ2n) is 5.56. The minimum absolute atomic E-state index is 0.234. The van der Waals surface area contributed by atoms with Gasteiger partial charge in [-0.05, 0) is 43.9 Å². The molecule has 0 bridgehead atoms. The number of ether oxygens (including phenoxy) is 1.